The van der Waals surface area contributed by atoms with E-state index in [1.807, 2.05) is 6.33 Å². The Kier molecular flexibility index (Phi) is 8.61. The minimum Gasteiger partial charge on any atom is -0.365 e. The van der Waals surface area contributed by atoms with Gasteiger partial charge in [-0.25, -0.2) is 15.0 Å². The van der Waals surface area contributed by atoms with Crippen LogP contribution in [0.1, 0.15) is 94.1 Å². The summed E-state index contributed by atoms with van der Waals surface area (Å²) in [5.74, 6) is 3.16. The lowest BCUT2D eigenvalue weighted by molar-refractivity contribution is 0.211. The Hall–Kier alpha value is -2.22. The van der Waals surface area contributed by atoms with E-state index in [2.05, 4.69) is 46.8 Å². The maximum Gasteiger partial charge on any atom is 0.166 e. The highest BCUT2D eigenvalue weighted by Gasteiger charge is 2.27. The van der Waals surface area contributed by atoms with E-state index in [4.69, 9.17) is 32.3 Å². The number of benzene rings is 1. The van der Waals surface area contributed by atoms with Crippen LogP contribution in [-0.2, 0) is 13.0 Å². The lowest BCUT2D eigenvalue weighted by Crippen LogP contribution is -2.39. The number of rotatable bonds is 8. The van der Waals surface area contributed by atoms with Crippen LogP contribution in [0.3, 0.4) is 0 Å². The number of nitrogens with two attached hydrogens (primary N) is 1. The number of anilines is 1. The van der Waals surface area contributed by atoms with Gasteiger partial charge >= 0.3 is 0 Å². The molecular weight excluding hydrogens is 518 g/mol. The fourth-order valence-electron chi connectivity index (χ4n) is 7.19. The first-order valence-corrected chi connectivity index (χ1v) is 16.0. The SMILES string of the molecule is Cc1ccc(CN2CCC(Nc3nc(C[C@@H](C)C4CCC(N)CC4)nc4c3ncn4C3CCCC3)CC2)cc1Cl. The average molecular weight is 564 g/mol. The van der Waals surface area contributed by atoms with E-state index in [9.17, 15) is 0 Å². The molecule has 0 radical (unpaired) electrons. The van der Waals surface area contributed by atoms with Gasteiger partial charge in [0.2, 0.25) is 0 Å². The van der Waals surface area contributed by atoms with E-state index in [-0.39, 0.29) is 0 Å². The molecule has 40 heavy (non-hydrogen) atoms. The van der Waals surface area contributed by atoms with Crippen LogP contribution in [0.5, 0.6) is 0 Å². The van der Waals surface area contributed by atoms with Crippen LogP contribution in [0.25, 0.3) is 11.2 Å². The molecule has 1 aliphatic heterocycles. The van der Waals surface area contributed by atoms with Crippen molar-refractivity contribution in [3.63, 3.8) is 0 Å². The number of nitrogens with zero attached hydrogens (tertiary/aromatic N) is 5. The molecule has 1 aromatic carbocycles. The number of piperidine rings is 1. The van der Waals surface area contributed by atoms with E-state index >= 15 is 0 Å². The van der Waals surface area contributed by atoms with E-state index in [1.54, 1.807) is 0 Å². The highest BCUT2D eigenvalue weighted by Crippen LogP contribution is 2.35. The number of aromatic nitrogens is 4. The molecule has 2 aliphatic carbocycles. The molecule has 3 fully saturated rings. The van der Waals surface area contributed by atoms with Gasteiger partial charge in [-0.2, -0.15) is 0 Å². The second-order valence-electron chi connectivity index (χ2n) is 12.9. The third-order valence-corrected chi connectivity index (χ3v) is 10.3. The monoisotopic (exact) mass is 563 g/mol. The van der Waals surface area contributed by atoms with Crippen LogP contribution >= 0.6 is 11.6 Å². The molecule has 3 aliphatic rings. The van der Waals surface area contributed by atoms with Gasteiger partial charge in [0.1, 0.15) is 11.3 Å². The third kappa shape index (κ3) is 6.32. The Labute approximate surface area is 244 Å². The third-order valence-electron chi connectivity index (χ3n) is 9.88. The van der Waals surface area contributed by atoms with E-state index in [0.29, 0.717) is 30.0 Å². The second kappa shape index (κ2) is 12.3. The lowest BCUT2D eigenvalue weighted by atomic mass is 9.78. The summed E-state index contributed by atoms with van der Waals surface area (Å²) in [6.07, 6.45) is 14.9. The Morgan fingerprint density at radius 2 is 1.77 bits per heavy atom. The van der Waals surface area contributed by atoms with Gasteiger partial charge in [-0.15, -0.1) is 0 Å². The van der Waals surface area contributed by atoms with E-state index < -0.39 is 0 Å². The van der Waals surface area contributed by atoms with Crippen molar-refractivity contribution in [1.29, 1.82) is 0 Å². The van der Waals surface area contributed by atoms with Crippen molar-refractivity contribution >= 4 is 28.6 Å². The number of fused-ring (bicyclic) bond motifs is 1. The van der Waals surface area contributed by atoms with Crippen LogP contribution in [0.2, 0.25) is 5.02 Å². The molecule has 216 valence electrons. The van der Waals surface area contributed by atoms with Gasteiger partial charge in [0, 0.05) is 49.2 Å². The van der Waals surface area contributed by atoms with Crippen LogP contribution in [0.15, 0.2) is 24.5 Å². The molecule has 0 amide bonds. The molecule has 2 saturated carbocycles. The van der Waals surface area contributed by atoms with Crippen molar-refractivity contribution in [1.82, 2.24) is 24.4 Å². The largest absolute Gasteiger partial charge is 0.365 e. The molecule has 0 bridgehead atoms. The zero-order valence-corrected chi connectivity index (χ0v) is 25.0. The number of imidazole rings is 1. The van der Waals surface area contributed by atoms with Gasteiger partial charge in [-0.1, -0.05) is 43.5 Å². The second-order valence-corrected chi connectivity index (χ2v) is 13.3. The molecule has 1 saturated heterocycles. The van der Waals surface area contributed by atoms with Crippen molar-refractivity contribution in [2.24, 2.45) is 17.6 Å². The average Bonchev–Trinajstić information content (AvgIpc) is 3.63. The van der Waals surface area contributed by atoms with Crippen molar-refractivity contribution in [2.45, 2.75) is 109 Å². The van der Waals surface area contributed by atoms with Gasteiger partial charge in [0.25, 0.3) is 0 Å². The van der Waals surface area contributed by atoms with Crippen LogP contribution in [-0.4, -0.2) is 49.6 Å². The highest BCUT2D eigenvalue weighted by atomic mass is 35.5. The van der Waals surface area contributed by atoms with Gasteiger partial charge in [-0.05, 0) is 87.3 Å². The standard InChI is InChI=1S/C32H46ClN7/c1-21-7-8-23(18-28(21)33)19-39-15-13-26(14-16-39)36-31-30-32(40(20-35-30)27-5-3-4-6-27)38-29(37-31)17-22(2)24-9-11-25(34)12-10-24/h7-8,18,20,22,24-27H,3-6,9-17,19,34H2,1-2H3,(H,36,37,38)/t22-,24?,25?/m1/s1. The summed E-state index contributed by atoms with van der Waals surface area (Å²) < 4.78 is 2.35. The summed E-state index contributed by atoms with van der Waals surface area (Å²) >= 11 is 6.38. The number of nitrogens with one attached hydrogen (secondary N) is 1. The first-order chi connectivity index (χ1) is 19.4. The first-order valence-electron chi connectivity index (χ1n) is 15.7. The maximum absolute atomic E-state index is 6.38. The molecule has 3 heterocycles. The molecule has 3 N–H and O–H groups in total. The Balaban J connectivity index is 1.17. The number of aryl methyl sites for hydroxylation is 1. The van der Waals surface area contributed by atoms with Crippen LogP contribution in [0.4, 0.5) is 5.82 Å². The molecule has 1 atom stereocenters. The minimum atomic E-state index is 0.383. The predicted molar refractivity (Wildman–Crippen MR) is 164 cm³/mol. The van der Waals surface area contributed by atoms with Crippen LogP contribution < -0.4 is 11.1 Å². The zero-order chi connectivity index (χ0) is 27.6. The van der Waals surface area contributed by atoms with Crippen molar-refractivity contribution in [2.75, 3.05) is 18.4 Å². The molecule has 2 aromatic heterocycles. The van der Waals surface area contributed by atoms with Gasteiger partial charge < -0.3 is 15.6 Å². The van der Waals surface area contributed by atoms with Gasteiger partial charge in [0.15, 0.2) is 11.5 Å². The lowest BCUT2D eigenvalue weighted by Gasteiger charge is -2.33. The van der Waals surface area contributed by atoms with Crippen molar-refractivity contribution in [3.8, 4) is 0 Å². The summed E-state index contributed by atoms with van der Waals surface area (Å²) in [5, 5.41) is 4.69. The summed E-state index contributed by atoms with van der Waals surface area (Å²) in [5.41, 5.74) is 10.6. The van der Waals surface area contributed by atoms with E-state index in [0.717, 1.165) is 85.1 Å². The summed E-state index contributed by atoms with van der Waals surface area (Å²) in [7, 11) is 0. The topological polar surface area (TPSA) is 84.9 Å². The molecule has 8 heteroatoms. The fourth-order valence-corrected chi connectivity index (χ4v) is 7.40. The Bertz CT molecular complexity index is 1280. The predicted octanol–water partition coefficient (Wildman–Crippen LogP) is 6.68. The molecule has 7 nitrogen and oxygen atoms in total. The number of hydrogen-bond acceptors (Lipinski definition) is 6. The Morgan fingerprint density at radius 3 is 2.50 bits per heavy atom. The minimum absolute atomic E-state index is 0.383. The zero-order valence-electron chi connectivity index (χ0n) is 24.3. The molecule has 3 aromatic rings. The first kappa shape index (κ1) is 27.9. The number of halogens is 1. The van der Waals surface area contributed by atoms with Crippen molar-refractivity contribution in [3.05, 3.63) is 46.5 Å². The van der Waals surface area contributed by atoms with E-state index in [1.165, 1.54) is 44.1 Å². The van der Waals surface area contributed by atoms with Gasteiger partial charge in [0.05, 0.1) is 6.33 Å². The molecule has 6 rings (SSSR count). The normalized spacial score (nSPS) is 24.1. The molecule has 0 spiro atoms. The fraction of sp³-hybridized carbons (Fsp3) is 0.656. The molecular formula is C32H46ClN7. The maximum atomic E-state index is 6.38. The molecule has 0 unspecified atom stereocenters. The highest BCUT2D eigenvalue weighted by molar-refractivity contribution is 6.31. The number of likely N-dealkylation sites (tertiary alicyclic amines) is 1. The van der Waals surface area contributed by atoms with Gasteiger partial charge in [-0.3, -0.25) is 4.90 Å². The number of hydrogen-bond donors (Lipinski definition) is 2. The Morgan fingerprint density at radius 1 is 1.02 bits per heavy atom. The quantitative estimate of drug-likeness (QED) is 0.318. The van der Waals surface area contributed by atoms with Crippen LogP contribution in [0, 0.1) is 18.8 Å². The summed E-state index contributed by atoms with van der Waals surface area (Å²) in [4.78, 5) is 17.7. The van der Waals surface area contributed by atoms with Crippen molar-refractivity contribution < 1.29 is 0 Å². The smallest absolute Gasteiger partial charge is 0.166 e. The summed E-state index contributed by atoms with van der Waals surface area (Å²) in [6.45, 7) is 7.50. The summed E-state index contributed by atoms with van der Waals surface area (Å²) in [6, 6.07) is 7.72.